The Morgan fingerprint density at radius 1 is 1.05 bits per heavy atom. The predicted octanol–water partition coefficient (Wildman–Crippen LogP) is -0.0317. The average Bonchev–Trinajstić information content (AvgIpc) is 3.44. The van der Waals surface area contributed by atoms with Gasteiger partial charge in [0.15, 0.2) is 23.5 Å². The molecular weight excluding hydrogens is 518 g/mol. The smallest absolute Gasteiger partial charge is 0.362 e. The number of aliphatic hydroxyl groups is 2. The second kappa shape index (κ2) is 9.96. The lowest BCUT2D eigenvalue weighted by atomic mass is 10.1. The molecule has 4 aromatic rings. The van der Waals surface area contributed by atoms with Crippen molar-refractivity contribution >= 4 is 38.9 Å². The highest BCUT2D eigenvalue weighted by Crippen LogP contribution is 2.33. The fourth-order valence-corrected chi connectivity index (χ4v) is 4.71. The topological polar surface area (TPSA) is 218 Å². The Morgan fingerprint density at radius 3 is 2.50 bits per heavy atom. The largest absolute Gasteiger partial charge is 0.398 e. The van der Waals surface area contributed by atoms with Crippen LogP contribution in [0.1, 0.15) is 16.6 Å². The van der Waals surface area contributed by atoms with Crippen molar-refractivity contribution in [1.29, 1.82) is 0 Å². The fourth-order valence-electron chi connectivity index (χ4n) is 4.00. The van der Waals surface area contributed by atoms with Crippen LogP contribution in [-0.2, 0) is 19.2 Å². The van der Waals surface area contributed by atoms with Crippen LogP contribution in [0.5, 0.6) is 0 Å². The van der Waals surface area contributed by atoms with Crippen molar-refractivity contribution in [1.82, 2.24) is 24.2 Å². The number of carbonyl (C=O) groups excluding carboxylic acids is 1. The quantitative estimate of drug-likeness (QED) is 0.195. The zero-order valence-corrected chi connectivity index (χ0v) is 20.4. The number of carbonyl (C=O) groups is 1. The summed E-state index contributed by atoms with van der Waals surface area (Å²) in [6.45, 7) is -0.708. The lowest BCUT2D eigenvalue weighted by Gasteiger charge is -2.17. The minimum Gasteiger partial charge on any atom is -0.398 e. The maximum absolute atomic E-state index is 12.3. The zero-order valence-electron chi connectivity index (χ0n) is 19.6. The highest BCUT2D eigenvalue weighted by atomic mass is 32.2. The number of nitrogens with zero attached hydrogens (tertiary/aromatic N) is 4. The highest BCUT2D eigenvalue weighted by molar-refractivity contribution is 7.85. The first kappa shape index (κ1) is 25.5. The van der Waals surface area contributed by atoms with Gasteiger partial charge in [-0.3, -0.25) is 13.5 Å². The number of para-hydroxylation sites is 1. The Bertz CT molecular complexity index is 1600. The van der Waals surface area contributed by atoms with Gasteiger partial charge < -0.3 is 26.4 Å². The summed E-state index contributed by atoms with van der Waals surface area (Å²) in [6.07, 6.45) is -4.22. The van der Waals surface area contributed by atoms with Crippen molar-refractivity contribution in [2.24, 2.45) is 0 Å². The summed E-state index contributed by atoms with van der Waals surface area (Å²) in [5.41, 5.74) is 13.0. The maximum atomic E-state index is 12.3. The third-order valence-corrected chi connectivity index (χ3v) is 6.78. The number of hydrogen-bond acceptors (Lipinski definition) is 12. The summed E-state index contributed by atoms with van der Waals surface area (Å²) in [5, 5.41) is 21.2. The van der Waals surface area contributed by atoms with Crippen LogP contribution in [0.2, 0.25) is 0 Å². The van der Waals surface area contributed by atoms with Gasteiger partial charge in [0, 0.05) is 11.3 Å². The SMILES string of the molecule is Nc1ccccc1C(=O)NS(=O)(=O)OC[C@H]1O[C@@H](n2cnc3c(N)nc(-c4ccccc4)nc32)[C@H](O)[C@@H]1O. The Hall–Kier alpha value is -4.15. The van der Waals surface area contributed by atoms with E-state index in [0.717, 1.165) is 0 Å². The third kappa shape index (κ3) is 4.88. The van der Waals surface area contributed by atoms with Gasteiger partial charge in [-0.2, -0.15) is 8.42 Å². The van der Waals surface area contributed by atoms with Gasteiger partial charge >= 0.3 is 10.3 Å². The predicted molar refractivity (Wildman–Crippen MR) is 134 cm³/mol. The summed E-state index contributed by atoms with van der Waals surface area (Å²) < 4.78 is 38.3. The number of amides is 1. The van der Waals surface area contributed by atoms with E-state index in [2.05, 4.69) is 15.0 Å². The molecular formula is C23H23N7O7S. The molecule has 0 spiro atoms. The van der Waals surface area contributed by atoms with E-state index < -0.39 is 47.4 Å². The first-order valence-corrected chi connectivity index (χ1v) is 12.7. The van der Waals surface area contributed by atoms with Crippen LogP contribution in [0.15, 0.2) is 60.9 Å². The van der Waals surface area contributed by atoms with Gasteiger partial charge in [0.1, 0.15) is 23.8 Å². The van der Waals surface area contributed by atoms with Crippen molar-refractivity contribution < 1.29 is 32.3 Å². The van der Waals surface area contributed by atoms with Crippen LogP contribution in [-0.4, -0.2) is 69.0 Å². The number of aromatic nitrogens is 4. The molecule has 15 heteroatoms. The maximum Gasteiger partial charge on any atom is 0.362 e. The number of benzene rings is 2. The van der Waals surface area contributed by atoms with Crippen LogP contribution in [0.4, 0.5) is 11.5 Å². The Balaban J connectivity index is 1.33. The summed E-state index contributed by atoms with van der Waals surface area (Å²) in [5.74, 6) is -0.585. The zero-order chi connectivity index (χ0) is 27.0. The molecule has 1 amide bonds. The van der Waals surface area contributed by atoms with Crippen LogP contribution in [0, 0.1) is 0 Å². The molecule has 1 saturated heterocycles. The molecule has 0 unspecified atom stereocenters. The third-order valence-electron chi connectivity index (χ3n) is 5.90. The van der Waals surface area contributed by atoms with Gasteiger partial charge in [0.2, 0.25) is 0 Å². The molecule has 2 aromatic heterocycles. The van der Waals surface area contributed by atoms with Crippen LogP contribution in [0.25, 0.3) is 22.6 Å². The van der Waals surface area contributed by atoms with E-state index in [1.54, 1.807) is 22.9 Å². The summed E-state index contributed by atoms with van der Waals surface area (Å²) in [4.78, 5) is 25.2. The minimum atomic E-state index is -4.61. The number of anilines is 2. The van der Waals surface area contributed by atoms with Crippen molar-refractivity contribution in [3.05, 3.63) is 66.5 Å². The number of ether oxygens (including phenoxy) is 1. The molecule has 1 fully saturated rings. The second-order valence-electron chi connectivity index (χ2n) is 8.43. The van der Waals surface area contributed by atoms with Gasteiger partial charge in [-0.15, -0.1) is 0 Å². The molecule has 5 rings (SSSR count). The van der Waals surface area contributed by atoms with E-state index in [1.165, 1.54) is 29.1 Å². The van der Waals surface area contributed by atoms with Crippen molar-refractivity contribution in [2.45, 2.75) is 24.5 Å². The number of nitrogen functional groups attached to an aromatic ring is 2. The molecule has 14 nitrogen and oxygen atoms in total. The number of hydrogen-bond donors (Lipinski definition) is 5. The van der Waals surface area contributed by atoms with E-state index in [4.69, 9.17) is 20.4 Å². The van der Waals surface area contributed by atoms with Gasteiger partial charge in [0.05, 0.1) is 18.5 Å². The van der Waals surface area contributed by atoms with E-state index >= 15 is 0 Å². The minimum absolute atomic E-state index is 0.0598. The van der Waals surface area contributed by atoms with Gasteiger partial charge in [-0.05, 0) is 12.1 Å². The first-order chi connectivity index (χ1) is 18.1. The summed E-state index contributed by atoms with van der Waals surface area (Å²) in [7, 11) is -4.61. The van der Waals surface area contributed by atoms with Crippen LogP contribution in [0.3, 0.4) is 0 Å². The lowest BCUT2D eigenvalue weighted by Crippen LogP contribution is -2.38. The van der Waals surface area contributed by atoms with Crippen molar-refractivity contribution in [3.8, 4) is 11.4 Å². The molecule has 38 heavy (non-hydrogen) atoms. The van der Waals surface area contributed by atoms with Crippen molar-refractivity contribution in [2.75, 3.05) is 18.1 Å². The van der Waals surface area contributed by atoms with E-state index in [0.29, 0.717) is 11.4 Å². The monoisotopic (exact) mass is 541 g/mol. The Morgan fingerprint density at radius 2 is 1.76 bits per heavy atom. The highest BCUT2D eigenvalue weighted by Gasteiger charge is 2.45. The van der Waals surface area contributed by atoms with Crippen LogP contribution >= 0.6 is 0 Å². The molecule has 0 saturated carbocycles. The lowest BCUT2D eigenvalue weighted by molar-refractivity contribution is -0.0468. The molecule has 3 heterocycles. The Labute approximate surface area is 216 Å². The van der Waals surface area contributed by atoms with E-state index in [-0.39, 0.29) is 28.2 Å². The van der Waals surface area contributed by atoms with Gasteiger partial charge in [0.25, 0.3) is 5.91 Å². The molecule has 198 valence electrons. The van der Waals surface area contributed by atoms with E-state index in [1.807, 2.05) is 18.2 Å². The molecule has 1 aliphatic heterocycles. The Kier molecular flexibility index (Phi) is 6.68. The number of aliphatic hydroxyl groups excluding tert-OH is 2. The molecule has 0 bridgehead atoms. The molecule has 1 aliphatic rings. The van der Waals surface area contributed by atoms with Crippen LogP contribution < -0.4 is 16.2 Å². The number of imidazole rings is 1. The molecule has 0 aliphatic carbocycles. The fraction of sp³-hybridized carbons (Fsp3) is 0.217. The summed E-state index contributed by atoms with van der Waals surface area (Å²) >= 11 is 0. The first-order valence-electron chi connectivity index (χ1n) is 11.3. The number of nitrogens with one attached hydrogen (secondary N) is 1. The van der Waals surface area contributed by atoms with Gasteiger partial charge in [-0.1, -0.05) is 42.5 Å². The van der Waals surface area contributed by atoms with Crippen molar-refractivity contribution in [3.63, 3.8) is 0 Å². The number of nitrogens with two attached hydrogens (primary N) is 2. The summed E-state index contributed by atoms with van der Waals surface area (Å²) in [6, 6.07) is 14.9. The molecule has 7 N–H and O–H groups in total. The number of fused-ring (bicyclic) bond motifs is 1. The molecule has 2 aromatic carbocycles. The standard InChI is InChI=1S/C23H23N7O7S/c24-14-9-5-4-8-13(14)22(33)29-38(34,35)36-10-15-17(31)18(32)23(37-15)30-11-26-16-19(25)27-20(28-21(16)30)12-6-2-1-3-7-12/h1-9,11,15,17-18,23,31-32H,10,24H2,(H,29,33)(H2,25,27,28)/t15-,17-,18-,23-/m1/s1. The van der Waals surface area contributed by atoms with E-state index in [9.17, 15) is 23.4 Å². The molecule has 4 atom stereocenters. The number of rotatable bonds is 7. The second-order valence-corrected chi connectivity index (χ2v) is 9.77. The normalized spacial score (nSPS) is 21.5. The average molecular weight is 542 g/mol. The van der Waals surface area contributed by atoms with Gasteiger partial charge in [-0.25, -0.2) is 19.7 Å². The molecule has 0 radical (unpaired) electrons.